The number of hydrogen-bond donors (Lipinski definition) is 1. The van der Waals surface area contributed by atoms with Crippen LogP contribution in [0.25, 0.3) is 0 Å². The zero-order valence-electron chi connectivity index (χ0n) is 9.04. The summed E-state index contributed by atoms with van der Waals surface area (Å²) in [5.74, 6) is 0. The summed E-state index contributed by atoms with van der Waals surface area (Å²) in [7, 11) is 0. The molecule has 0 fully saturated rings. The predicted octanol–water partition coefficient (Wildman–Crippen LogP) is 3.49. The molecule has 1 aromatic carbocycles. The normalized spacial score (nSPS) is 10.3. The molecule has 1 heterocycles. The molecule has 0 bridgehead atoms. The minimum absolute atomic E-state index is 0.0478. The van der Waals surface area contributed by atoms with E-state index in [0.717, 1.165) is 4.47 Å². The molecular weight excluding hydrogens is 318 g/mol. The molecule has 0 radical (unpaired) electrons. The maximum absolute atomic E-state index is 10.9. The topological polar surface area (TPSA) is 82.0 Å². The van der Waals surface area contributed by atoms with Gasteiger partial charge in [-0.25, -0.2) is 4.98 Å². The minimum atomic E-state index is -0.419. The molecule has 92 valence electrons. The Morgan fingerprint density at radius 2 is 2.11 bits per heavy atom. The number of nitrogens with two attached hydrogens (primary N) is 1. The first-order valence-electron chi connectivity index (χ1n) is 4.90. The van der Waals surface area contributed by atoms with Gasteiger partial charge in [0.2, 0.25) is 0 Å². The number of pyridine rings is 1. The van der Waals surface area contributed by atoms with Crippen LogP contribution < -0.4 is 5.73 Å². The number of aromatic nitrogens is 1. The highest BCUT2D eigenvalue weighted by molar-refractivity contribution is 9.10. The van der Waals surface area contributed by atoms with E-state index in [1.54, 1.807) is 30.5 Å². The van der Waals surface area contributed by atoms with Crippen LogP contribution in [0.4, 0.5) is 11.4 Å². The fourth-order valence-electron chi connectivity index (χ4n) is 1.33. The summed E-state index contributed by atoms with van der Waals surface area (Å²) in [6.07, 6.45) is 1.60. The Hall–Kier alpha value is -1.60. The molecule has 7 heteroatoms. The van der Waals surface area contributed by atoms with Crippen molar-refractivity contribution < 1.29 is 4.92 Å². The lowest BCUT2D eigenvalue weighted by Crippen LogP contribution is -1.94. The molecule has 0 saturated heterocycles. The number of rotatable bonds is 3. The Bertz CT molecular complexity index is 607. The van der Waals surface area contributed by atoms with Gasteiger partial charge in [-0.05, 0) is 28.1 Å². The van der Waals surface area contributed by atoms with Crippen LogP contribution in [0.15, 0.2) is 50.9 Å². The van der Waals surface area contributed by atoms with E-state index < -0.39 is 4.92 Å². The summed E-state index contributed by atoms with van der Waals surface area (Å²) in [5.41, 5.74) is 6.34. The van der Waals surface area contributed by atoms with E-state index in [1.165, 1.54) is 17.8 Å². The van der Waals surface area contributed by atoms with Gasteiger partial charge in [-0.2, -0.15) is 0 Å². The second-order valence-electron chi connectivity index (χ2n) is 3.37. The monoisotopic (exact) mass is 325 g/mol. The van der Waals surface area contributed by atoms with E-state index in [4.69, 9.17) is 5.73 Å². The van der Waals surface area contributed by atoms with Crippen molar-refractivity contribution in [1.29, 1.82) is 0 Å². The second-order valence-corrected chi connectivity index (χ2v) is 5.32. The molecule has 1 aromatic heterocycles. The second kappa shape index (κ2) is 5.36. The molecule has 0 atom stereocenters. The molecular formula is C11H8BrN3O2S. The van der Waals surface area contributed by atoms with E-state index in [0.29, 0.717) is 15.6 Å². The number of nitro groups is 1. The third-order valence-electron chi connectivity index (χ3n) is 2.11. The molecule has 0 aliphatic carbocycles. The Labute approximate surface area is 116 Å². The Kier molecular flexibility index (Phi) is 3.83. The van der Waals surface area contributed by atoms with Crippen molar-refractivity contribution in [2.75, 3.05) is 5.73 Å². The van der Waals surface area contributed by atoms with Crippen LogP contribution in [0.5, 0.6) is 0 Å². The highest BCUT2D eigenvalue weighted by Gasteiger charge is 2.15. The van der Waals surface area contributed by atoms with Crippen molar-refractivity contribution in [3.05, 3.63) is 51.1 Å². The maximum Gasteiger partial charge on any atom is 0.283 e. The summed E-state index contributed by atoms with van der Waals surface area (Å²) in [5, 5.41) is 11.4. The molecule has 18 heavy (non-hydrogen) atoms. The lowest BCUT2D eigenvalue weighted by molar-refractivity contribution is -0.387. The number of benzene rings is 1. The fraction of sp³-hybridized carbons (Fsp3) is 0. The minimum Gasteiger partial charge on any atom is -0.397 e. The van der Waals surface area contributed by atoms with Crippen LogP contribution >= 0.6 is 27.7 Å². The van der Waals surface area contributed by atoms with Crippen molar-refractivity contribution >= 4 is 39.1 Å². The average Bonchev–Trinajstić information content (AvgIpc) is 2.33. The molecule has 0 aliphatic heterocycles. The molecule has 0 unspecified atom stereocenters. The zero-order chi connectivity index (χ0) is 13.1. The van der Waals surface area contributed by atoms with Crippen LogP contribution in [0, 0.1) is 10.1 Å². The first-order chi connectivity index (χ1) is 8.58. The van der Waals surface area contributed by atoms with E-state index in [-0.39, 0.29) is 5.69 Å². The fourth-order valence-corrected chi connectivity index (χ4v) is 2.56. The summed E-state index contributed by atoms with van der Waals surface area (Å²) >= 11 is 4.44. The summed E-state index contributed by atoms with van der Waals surface area (Å²) < 4.78 is 0.770. The van der Waals surface area contributed by atoms with Crippen LogP contribution in [0.1, 0.15) is 0 Å². The van der Waals surface area contributed by atoms with Crippen molar-refractivity contribution in [2.45, 2.75) is 9.92 Å². The lowest BCUT2D eigenvalue weighted by Gasteiger charge is -2.05. The molecule has 2 N–H and O–H groups in total. The average molecular weight is 326 g/mol. The molecule has 2 rings (SSSR count). The Morgan fingerprint density at radius 3 is 2.78 bits per heavy atom. The first kappa shape index (κ1) is 12.8. The van der Waals surface area contributed by atoms with E-state index >= 15 is 0 Å². The van der Waals surface area contributed by atoms with Crippen LogP contribution in [0.3, 0.4) is 0 Å². The van der Waals surface area contributed by atoms with Gasteiger partial charge in [-0.3, -0.25) is 10.1 Å². The van der Waals surface area contributed by atoms with Crippen LogP contribution in [-0.4, -0.2) is 9.91 Å². The van der Waals surface area contributed by atoms with E-state index in [2.05, 4.69) is 20.9 Å². The highest BCUT2D eigenvalue weighted by atomic mass is 79.9. The van der Waals surface area contributed by atoms with Crippen LogP contribution in [-0.2, 0) is 0 Å². The standard InChI is InChI=1S/C11H8BrN3O2S/c12-7-5-8(13)11(14-6-7)18-10-4-2-1-3-9(10)15(16)17/h1-6H,13H2. The van der Waals surface area contributed by atoms with E-state index in [9.17, 15) is 10.1 Å². The van der Waals surface area contributed by atoms with Crippen molar-refractivity contribution in [3.8, 4) is 0 Å². The van der Waals surface area contributed by atoms with Gasteiger partial charge in [0.15, 0.2) is 0 Å². The number of nitrogen functional groups attached to an aromatic ring is 1. The van der Waals surface area contributed by atoms with Gasteiger partial charge in [-0.1, -0.05) is 23.9 Å². The smallest absolute Gasteiger partial charge is 0.283 e. The number of halogens is 1. The third-order valence-corrected chi connectivity index (χ3v) is 3.65. The number of nitrogens with zero attached hydrogens (tertiary/aromatic N) is 2. The van der Waals surface area contributed by atoms with Gasteiger partial charge >= 0.3 is 0 Å². The number of nitro benzene ring substituents is 1. The predicted molar refractivity (Wildman–Crippen MR) is 73.6 cm³/mol. The largest absolute Gasteiger partial charge is 0.397 e. The number of hydrogen-bond acceptors (Lipinski definition) is 5. The van der Waals surface area contributed by atoms with Gasteiger partial charge in [0.1, 0.15) is 5.03 Å². The van der Waals surface area contributed by atoms with Gasteiger partial charge in [0, 0.05) is 16.7 Å². The molecule has 0 aliphatic rings. The van der Waals surface area contributed by atoms with Crippen molar-refractivity contribution in [3.63, 3.8) is 0 Å². The Balaban J connectivity index is 2.37. The summed E-state index contributed by atoms with van der Waals surface area (Å²) in [6.45, 7) is 0. The maximum atomic E-state index is 10.9. The summed E-state index contributed by atoms with van der Waals surface area (Å²) in [6, 6.07) is 8.21. The molecule has 5 nitrogen and oxygen atoms in total. The van der Waals surface area contributed by atoms with Gasteiger partial charge < -0.3 is 5.73 Å². The summed E-state index contributed by atoms with van der Waals surface area (Å²) in [4.78, 5) is 15.1. The molecule has 0 saturated carbocycles. The quantitative estimate of drug-likeness (QED) is 0.690. The number of para-hydroxylation sites is 1. The van der Waals surface area contributed by atoms with Gasteiger partial charge in [0.05, 0.1) is 15.5 Å². The molecule has 0 amide bonds. The van der Waals surface area contributed by atoms with Gasteiger partial charge in [0.25, 0.3) is 5.69 Å². The molecule has 2 aromatic rings. The Morgan fingerprint density at radius 1 is 1.39 bits per heavy atom. The third kappa shape index (κ3) is 2.80. The molecule has 0 spiro atoms. The first-order valence-corrected chi connectivity index (χ1v) is 6.51. The van der Waals surface area contributed by atoms with Crippen molar-refractivity contribution in [2.24, 2.45) is 0 Å². The lowest BCUT2D eigenvalue weighted by atomic mass is 10.3. The van der Waals surface area contributed by atoms with E-state index in [1.807, 2.05) is 0 Å². The van der Waals surface area contributed by atoms with Crippen LogP contribution in [0.2, 0.25) is 0 Å². The number of anilines is 1. The zero-order valence-corrected chi connectivity index (χ0v) is 11.4. The highest BCUT2D eigenvalue weighted by Crippen LogP contribution is 2.36. The van der Waals surface area contributed by atoms with Gasteiger partial charge in [-0.15, -0.1) is 0 Å². The van der Waals surface area contributed by atoms with Crippen molar-refractivity contribution in [1.82, 2.24) is 4.98 Å². The SMILES string of the molecule is Nc1cc(Br)cnc1Sc1ccccc1[N+](=O)[O-].